The van der Waals surface area contributed by atoms with Crippen LogP contribution >= 0.6 is 0 Å². The van der Waals surface area contributed by atoms with Crippen LogP contribution in [0.5, 0.6) is 0 Å². The van der Waals surface area contributed by atoms with E-state index in [2.05, 4.69) is 41.5 Å². The van der Waals surface area contributed by atoms with Gasteiger partial charge in [0.15, 0.2) is 0 Å². The first-order valence-corrected chi connectivity index (χ1v) is 14.5. The van der Waals surface area contributed by atoms with E-state index in [0.717, 1.165) is 30.1 Å². The lowest BCUT2D eigenvalue weighted by atomic mass is 9.45. The molecule has 5 rings (SSSR count). The lowest BCUT2D eigenvalue weighted by Crippen LogP contribution is -2.57. The number of methoxy groups -OCH3 is 1. The number of aliphatic hydroxyl groups is 2. The highest BCUT2D eigenvalue weighted by Crippen LogP contribution is 2.82. The number of ether oxygens (including phenoxy) is 1. The fourth-order valence-electron chi connectivity index (χ4n) is 11.4. The molecule has 0 aromatic heterocycles. The molecule has 3 heteroatoms. The van der Waals surface area contributed by atoms with Crippen LogP contribution in [-0.4, -0.2) is 35.6 Å². The largest absolute Gasteiger partial charge is 0.390 e. The molecule has 2 N–H and O–H groups in total. The van der Waals surface area contributed by atoms with Crippen LogP contribution in [0.25, 0.3) is 0 Å². The summed E-state index contributed by atoms with van der Waals surface area (Å²) in [6.45, 7) is 14.0. The van der Waals surface area contributed by atoms with E-state index in [1.54, 1.807) is 0 Å². The van der Waals surface area contributed by atoms with Crippen molar-refractivity contribution in [2.75, 3.05) is 7.11 Å². The van der Waals surface area contributed by atoms with Crippen molar-refractivity contribution in [2.45, 2.75) is 118 Å². The van der Waals surface area contributed by atoms with Gasteiger partial charge in [-0.2, -0.15) is 0 Å². The van der Waals surface area contributed by atoms with Gasteiger partial charge in [-0.3, -0.25) is 0 Å². The van der Waals surface area contributed by atoms with Crippen LogP contribution in [0.3, 0.4) is 0 Å². The van der Waals surface area contributed by atoms with Crippen LogP contribution in [0.1, 0.15) is 99.3 Å². The predicted molar refractivity (Wildman–Crippen MR) is 134 cm³/mol. The summed E-state index contributed by atoms with van der Waals surface area (Å²) in [6, 6.07) is 0. The lowest BCUT2D eigenvalue weighted by Gasteiger charge is -2.61. The molecule has 0 bridgehead atoms. The van der Waals surface area contributed by atoms with Gasteiger partial charge in [-0.1, -0.05) is 48.0 Å². The van der Waals surface area contributed by atoms with Gasteiger partial charge in [0, 0.05) is 12.5 Å². The summed E-state index contributed by atoms with van der Waals surface area (Å²) in [6.07, 6.45) is 10.9. The number of fused-ring (bicyclic) bond motifs is 4. The van der Waals surface area contributed by atoms with Gasteiger partial charge >= 0.3 is 0 Å². The maximum atomic E-state index is 11.3. The highest BCUT2D eigenvalue weighted by Gasteiger charge is 2.77. The van der Waals surface area contributed by atoms with Crippen molar-refractivity contribution in [3.8, 4) is 0 Å². The second kappa shape index (κ2) is 8.20. The number of rotatable bonds is 7. The third-order valence-corrected chi connectivity index (χ3v) is 13.2. The molecule has 0 aromatic carbocycles. The Balaban J connectivity index is 1.37. The smallest absolute Gasteiger partial charge is 0.0832 e. The zero-order chi connectivity index (χ0) is 23.9. The van der Waals surface area contributed by atoms with Crippen LogP contribution in [-0.2, 0) is 4.74 Å². The van der Waals surface area contributed by atoms with Crippen molar-refractivity contribution in [2.24, 2.45) is 63.6 Å². The van der Waals surface area contributed by atoms with E-state index in [1.807, 2.05) is 7.11 Å². The summed E-state index contributed by atoms with van der Waals surface area (Å²) < 4.78 is 6.28. The van der Waals surface area contributed by atoms with Crippen molar-refractivity contribution in [1.82, 2.24) is 0 Å². The van der Waals surface area contributed by atoms with Crippen LogP contribution in [0.4, 0.5) is 0 Å². The molecule has 33 heavy (non-hydrogen) atoms. The molecule has 0 aliphatic heterocycles. The SMILES string of the molecule is CC[C@@H](C(C)C)[C@@H](O)[C@H](O)[C@@H](C)[C@H]1CC[C@H]2[C@@H]3C[C@@H](OC)[C@]45C[C@@H]4CC[C@]5(C)[C@H]3CC[C@]12C. The first kappa shape index (κ1) is 24.6. The van der Waals surface area contributed by atoms with Crippen molar-refractivity contribution < 1.29 is 14.9 Å². The summed E-state index contributed by atoms with van der Waals surface area (Å²) in [4.78, 5) is 0. The van der Waals surface area contributed by atoms with Gasteiger partial charge in [0.2, 0.25) is 0 Å². The van der Waals surface area contributed by atoms with E-state index in [-0.39, 0.29) is 11.8 Å². The predicted octanol–water partition coefficient (Wildman–Crippen LogP) is 6.31. The first-order valence-electron chi connectivity index (χ1n) is 14.5. The molecule has 13 atom stereocenters. The number of aliphatic hydroxyl groups excluding tert-OH is 2. The minimum atomic E-state index is -0.614. The molecule has 0 amide bonds. The fourth-order valence-corrected chi connectivity index (χ4v) is 11.4. The molecule has 5 fully saturated rings. The van der Waals surface area contributed by atoms with Crippen LogP contribution in [0.2, 0.25) is 0 Å². The van der Waals surface area contributed by atoms with Gasteiger partial charge < -0.3 is 14.9 Å². The summed E-state index contributed by atoms with van der Waals surface area (Å²) >= 11 is 0. The summed E-state index contributed by atoms with van der Waals surface area (Å²) in [7, 11) is 1.98. The topological polar surface area (TPSA) is 49.7 Å². The van der Waals surface area contributed by atoms with E-state index in [0.29, 0.717) is 34.2 Å². The molecular formula is C30H52O3. The Morgan fingerprint density at radius 2 is 1.67 bits per heavy atom. The Hall–Kier alpha value is -0.120. The molecule has 5 aliphatic rings. The average molecular weight is 461 g/mol. The Bertz CT molecular complexity index is 736. The van der Waals surface area contributed by atoms with Crippen molar-refractivity contribution in [1.29, 1.82) is 0 Å². The average Bonchev–Trinajstić information content (AvgIpc) is 3.29. The van der Waals surface area contributed by atoms with Gasteiger partial charge in [0.05, 0.1) is 18.3 Å². The molecule has 0 aromatic rings. The standard InChI is InChI=1S/C30H52O3/c1-8-20(17(2)3)27(32)26(31)18(4)22-9-10-23-21-15-25(33-7)30-16-19(30)11-14-29(30,6)24(21)12-13-28(22,23)5/h17-27,31-32H,8-16H2,1-7H3/t18-,19-,20-,21-,22+,23-,24-,25+,26+,27+,28+,29+,30-/m0/s1. The van der Waals surface area contributed by atoms with E-state index in [4.69, 9.17) is 4.74 Å². The number of hydrogen-bond acceptors (Lipinski definition) is 3. The Morgan fingerprint density at radius 3 is 2.27 bits per heavy atom. The van der Waals surface area contributed by atoms with Gasteiger partial charge in [-0.05, 0) is 110 Å². The minimum Gasteiger partial charge on any atom is -0.390 e. The zero-order valence-corrected chi connectivity index (χ0v) is 22.5. The fraction of sp³-hybridized carbons (Fsp3) is 1.00. The van der Waals surface area contributed by atoms with E-state index in [9.17, 15) is 10.2 Å². The maximum absolute atomic E-state index is 11.3. The summed E-state index contributed by atoms with van der Waals surface area (Å²) in [5, 5.41) is 22.5. The van der Waals surface area contributed by atoms with E-state index >= 15 is 0 Å². The molecule has 190 valence electrons. The van der Waals surface area contributed by atoms with Gasteiger partial charge in [0.1, 0.15) is 0 Å². The summed E-state index contributed by atoms with van der Waals surface area (Å²) in [5.74, 6) is 4.57. The maximum Gasteiger partial charge on any atom is 0.0832 e. The second-order valence-electron chi connectivity index (χ2n) is 14.1. The molecule has 0 saturated heterocycles. The molecule has 3 nitrogen and oxygen atoms in total. The second-order valence-corrected chi connectivity index (χ2v) is 14.1. The quantitative estimate of drug-likeness (QED) is 0.468. The highest BCUT2D eigenvalue weighted by atomic mass is 16.5. The van der Waals surface area contributed by atoms with Crippen LogP contribution < -0.4 is 0 Å². The number of hydrogen-bond donors (Lipinski definition) is 2. The molecule has 0 heterocycles. The van der Waals surface area contributed by atoms with Gasteiger partial charge in [-0.15, -0.1) is 0 Å². The van der Waals surface area contributed by atoms with Gasteiger partial charge in [0.25, 0.3) is 0 Å². The monoisotopic (exact) mass is 460 g/mol. The molecule has 1 spiro atoms. The van der Waals surface area contributed by atoms with Gasteiger partial charge in [-0.25, -0.2) is 0 Å². The van der Waals surface area contributed by atoms with E-state index < -0.39 is 12.2 Å². The molecular weight excluding hydrogens is 408 g/mol. The van der Waals surface area contributed by atoms with Crippen molar-refractivity contribution in [3.05, 3.63) is 0 Å². The molecule has 0 radical (unpaired) electrons. The van der Waals surface area contributed by atoms with Crippen LogP contribution in [0, 0.1) is 63.6 Å². The normalized spacial score (nSPS) is 51.8. The third kappa shape index (κ3) is 3.16. The Labute approximate surface area is 203 Å². The molecule has 5 aliphatic carbocycles. The summed E-state index contributed by atoms with van der Waals surface area (Å²) in [5.41, 5.74) is 1.27. The van der Waals surface area contributed by atoms with Crippen molar-refractivity contribution >= 4 is 0 Å². The Morgan fingerprint density at radius 1 is 0.939 bits per heavy atom. The zero-order valence-electron chi connectivity index (χ0n) is 22.5. The lowest BCUT2D eigenvalue weighted by molar-refractivity contribution is -0.164. The van der Waals surface area contributed by atoms with Crippen molar-refractivity contribution in [3.63, 3.8) is 0 Å². The first-order chi connectivity index (χ1) is 15.6. The third-order valence-electron chi connectivity index (χ3n) is 13.2. The highest BCUT2D eigenvalue weighted by molar-refractivity contribution is 5.26. The molecule has 5 saturated carbocycles. The minimum absolute atomic E-state index is 0.155. The van der Waals surface area contributed by atoms with E-state index in [1.165, 1.54) is 51.4 Å². The molecule has 0 unspecified atom stereocenters. The Kier molecular flexibility index (Phi) is 6.11. The van der Waals surface area contributed by atoms with Crippen LogP contribution in [0.15, 0.2) is 0 Å².